The predicted octanol–water partition coefficient (Wildman–Crippen LogP) is -2.94. The Morgan fingerprint density at radius 2 is 1.60 bits per heavy atom. The molecule has 0 amide bonds. The van der Waals surface area contributed by atoms with Gasteiger partial charge in [0.25, 0.3) is 0 Å². The molecule has 0 spiro atoms. The van der Waals surface area contributed by atoms with Crippen molar-refractivity contribution >= 4 is 5.84 Å². The van der Waals surface area contributed by atoms with Gasteiger partial charge in [0.15, 0.2) is 0 Å². The summed E-state index contributed by atoms with van der Waals surface area (Å²) in [5.74, 6) is -1.31. The normalized spacial score (nSPS) is 23.2. The van der Waals surface area contributed by atoms with Crippen molar-refractivity contribution in [2.24, 2.45) is 33.7 Å². The average molecular weight is 142 g/mol. The molecule has 0 aromatic heterocycles. The Morgan fingerprint density at radius 3 is 1.70 bits per heavy atom. The lowest BCUT2D eigenvalue weighted by Crippen LogP contribution is -2.50. The molecule has 0 unspecified atom stereocenters. The molecule has 0 aromatic rings. The van der Waals surface area contributed by atoms with E-state index in [0.29, 0.717) is 0 Å². The summed E-state index contributed by atoms with van der Waals surface area (Å²) in [6, 6.07) is 0. The van der Waals surface area contributed by atoms with Crippen molar-refractivity contribution in [3.8, 4) is 0 Å². The predicted molar refractivity (Wildman–Crippen MR) is 38.1 cm³/mol. The lowest BCUT2D eigenvalue weighted by atomic mass is 10.3. The summed E-state index contributed by atoms with van der Waals surface area (Å²) in [6.07, 6.45) is 0. The van der Waals surface area contributed by atoms with Crippen LogP contribution in [0.2, 0.25) is 0 Å². The molecule has 0 atom stereocenters. The van der Waals surface area contributed by atoms with E-state index >= 15 is 0 Å². The Kier molecular flexibility index (Phi) is 1.10. The van der Waals surface area contributed by atoms with Gasteiger partial charge in [-0.15, -0.1) is 0 Å². The topological polar surface area (TPSA) is 142 Å². The van der Waals surface area contributed by atoms with Gasteiger partial charge >= 0.3 is 0 Å². The first kappa shape index (κ1) is 6.84. The van der Waals surface area contributed by atoms with Gasteiger partial charge in [0, 0.05) is 0 Å². The summed E-state index contributed by atoms with van der Waals surface area (Å²) < 4.78 is 0. The Balaban J connectivity index is 3.12. The highest BCUT2D eigenvalue weighted by molar-refractivity contribution is 5.99. The van der Waals surface area contributed by atoms with E-state index in [1.807, 2.05) is 0 Å². The lowest BCUT2D eigenvalue weighted by Gasteiger charge is -2.14. The fourth-order valence-corrected chi connectivity index (χ4v) is 0.673. The molecule has 0 bridgehead atoms. The third-order valence-electron chi connectivity index (χ3n) is 1.30. The second-order valence-electron chi connectivity index (χ2n) is 2.15. The van der Waals surface area contributed by atoms with Crippen LogP contribution in [0.3, 0.4) is 0 Å². The molecule has 6 heteroatoms. The second kappa shape index (κ2) is 1.61. The zero-order valence-electron chi connectivity index (χ0n) is 5.33. The monoisotopic (exact) mass is 142 g/mol. The third kappa shape index (κ3) is 0.703. The maximum atomic E-state index is 5.36. The van der Waals surface area contributed by atoms with E-state index in [4.69, 9.17) is 28.7 Å². The van der Waals surface area contributed by atoms with Crippen LogP contribution in [0.5, 0.6) is 0 Å². The number of aliphatic imine (C=N–C) groups is 1. The number of amidine groups is 1. The van der Waals surface area contributed by atoms with Gasteiger partial charge in [-0.3, -0.25) is 11.5 Å². The van der Waals surface area contributed by atoms with Gasteiger partial charge in [0.2, 0.25) is 5.79 Å². The Bertz CT molecular complexity index is 224. The fourth-order valence-electron chi connectivity index (χ4n) is 0.673. The van der Waals surface area contributed by atoms with Crippen molar-refractivity contribution in [3.63, 3.8) is 0 Å². The van der Waals surface area contributed by atoms with Crippen molar-refractivity contribution in [3.05, 3.63) is 11.4 Å². The van der Waals surface area contributed by atoms with Crippen LogP contribution in [0.1, 0.15) is 0 Å². The largest absolute Gasteiger partial charge is 0.396 e. The molecule has 0 saturated heterocycles. The molecule has 0 fully saturated rings. The summed E-state index contributed by atoms with van der Waals surface area (Å²) in [6.45, 7) is 0. The number of nitrogens with zero attached hydrogens (tertiary/aromatic N) is 1. The summed E-state index contributed by atoms with van der Waals surface area (Å²) in [5, 5.41) is 0. The van der Waals surface area contributed by atoms with Crippen molar-refractivity contribution in [1.29, 1.82) is 0 Å². The van der Waals surface area contributed by atoms with E-state index in [1.165, 1.54) is 0 Å². The van der Waals surface area contributed by atoms with E-state index in [2.05, 4.69) is 4.99 Å². The van der Waals surface area contributed by atoms with E-state index in [9.17, 15) is 0 Å². The van der Waals surface area contributed by atoms with Crippen molar-refractivity contribution in [1.82, 2.24) is 0 Å². The van der Waals surface area contributed by atoms with Crippen LogP contribution in [0.25, 0.3) is 0 Å². The first-order valence-electron chi connectivity index (χ1n) is 2.64. The average Bonchev–Trinajstić information content (AvgIpc) is 1.95. The molecule has 10 heavy (non-hydrogen) atoms. The van der Waals surface area contributed by atoms with Crippen molar-refractivity contribution in [2.45, 2.75) is 5.79 Å². The van der Waals surface area contributed by atoms with Crippen molar-refractivity contribution in [2.75, 3.05) is 0 Å². The molecule has 6 nitrogen and oxygen atoms in total. The number of rotatable bonds is 0. The molecule has 56 valence electrons. The lowest BCUT2D eigenvalue weighted by molar-refractivity contribution is 0.552. The maximum Gasteiger partial charge on any atom is 0.205 e. The van der Waals surface area contributed by atoms with Crippen LogP contribution in [-0.2, 0) is 0 Å². The van der Waals surface area contributed by atoms with E-state index in [1.54, 1.807) is 0 Å². The summed E-state index contributed by atoms with van der Waals surface area (Å²) in [7, 11) is 0. The molecule has 10 N–H and O–H groups in total. The van der Waals surface area contributed by atoms with E-state index in [-0.39, 0.29) is 17.2 Å². The van der Waals surface area contributed by atoms with Crippen LogP contribution in [0.15, 0.2) is 16.4 Å². The molecule has 1 heterocycles. The minimum Gasteiger partial charge on any atom is -0.396 e. The number of nitrogens with two attached hydrogens (primary N) is 5. The number of hydrogen-bond acceptors (Lipinski definition) is 6. The van der Waals surface area contributed by atoms with Gasteiger partial charge < -0.3 is 17.2 Å². The van der Waals surface area contributed by atoms with Gasteiger partial charge in [-0.1, -0.05) is 0 Å². The minimum absolute atomic E-state index is 0.0995. The van der Waals surface area contributed by atoms with Gasteiger partial charge in [-0.25, -0.2) is 4.99 Å². The molecule has 0 aromatic carbocycles. The SMILES string of the molecule is NC1=NC(N)(N)C(N)=C1N. The van der Waals surface area contributed by atoms with Gasteiger partial charge in [0.05, 0.1) is 11.4 Å². The quantitative estimate of drug-likeness (QED) is 0.230. The highest BCUT2D eigenvalue weighted by atomic mass is 15.2. The molecule has 1 rings (SSSR count). The molecule has 1 aliphatic rings. The summed E-state index contributed by atoms with van der Waals surface area (Å²) >= 11 is 0. The van der Waals surface area contributed by atoms with Gasteiger partial charge in [-0.2, -0.15) is 0 Å². The number of hydrogen-bond donors (Lipinski definition) is 5. The second-order valence-corrected chi connectivity index (χ2v) is 2.15. The minimum atomic E-state index is -1.41. The Hall–Kier alpha value is -1.27. The van der Waals surface area contributed by atoms with Gasteiger partial charge in [-0.05, 0) is 0 Å². The summed E-state index contributed by atoms with van der Waals surface area (Å²) in [4.78, 5) is 3.61. The standard InChI is InChI=1S/C4H10N6/c5-1-2(6)4(8,9)10-3(1)7/h5-6,8-9H2,(H2,7,10). The van der Waals surface area contributed by atoms with Crippen LogP contribution in [0, 0.1) is 0 Å². The zero-order chi connectivity index (χ0) is 7.94. The molecule has 1 aliphatic heterocycles. The van der Waals surface area contributed by atoms with Crippen LogP contribution in [0.4, 0.5) is 0 Å². The Labute approximate surface area is 57.7 Å². The summed E-state index contributed by atoms with van der Waals surface area (Å²) in [5.41, 5.74) is 27.0. The maximum absolute atomic E-state index is 5.36. The smallest absolute Gasteiger partial charge is 0.205 e. The fraction of sp³-hybridized carbons (Fsp3) is 0.250. The van der Waals surface area contributed by atoms with Crippen LogP contribution in [-0.4, -0.2) is 11.6 Å². The zero-order valence-corrected chi connectivity index (χ0v) is 5.33. The van der Waals surface area contributed by atoms with Crippen LogP contribution < -0.4 is 28.7 Å². The first-order chi connectivity index (χ1) is 4.45. The molecule has 0 aliphatic carbocycles. The van der Waals surface area contributed by atoms with E-state index < -0.39 is 5.79 Å². The third-order valence-corrected chi connectivity index (χ3v) is 1.30. The molecular weight excluding hydrogens is 132 g/mol. The highest BCUT2D eigenvalue weighted by Gasteiger charge is 2.31. The molecule has 0 saturated carbocycles. The molecule has 0 radical (unpaired) electrons. The van der Waals surface area contributed by atoms with Crippen LogP contribution >= 0.6 is 0 Å². The van der Waals surface area contributed by atoms with Crippen molar-refractivity contribution < 1.29 is 0 Å². The van der Waals surface area contributed by atoms with Gasteiger partial charge in [0.1, 0.15) is 5.84 Å². The highest BCUT2D eigenvalue weighted by Crippen LogP contribution is 2.13. The van der Waals surface area contributed by atoms with E-state index in [0.717, 1.165) is 0 Å². The molecular formula is C4H10N6. The Morgan fingerprint density at radius 1 is 1.10 bits per heavy atom. The first-order valence-corrected chi connectivity index (χ1v) is 2.64.